The third-order valence-electron chi connectivity index (χ3n) is 4.95. The van der Waals surface area contributed by atoms with Crippen LogP contribution in [0.2, 0.25) is 5.02 Å². The largest absolute Gasteiger partial charge is 0.350 e. The standard InChI is InChI=1S/C24H21ClN2O3S/c1-15(2)26-23(28)17-9-12-22-20(13-17)27(14-16-7-10-18(25)11-8-16)24(29)19-5-3-4-6-21(19)31(22)30/h3-13,15H,14H2,1-2H3,(H,26,28)/t31-/m0/s1. The second-order valence-corrected chi connectivity index (χ2v) is 9.45. The van der Waals surface area contributed by atoms with Gasteiger partial charge in [0, 0.05) is 16.6 Å². The van der Waals surface area contributed by atoms with Crippen molar-refractivity contribution < 1.29 is 13.8 Å². The number of amides is 2. The normalized spacial score (nSPS) is 15.3. The van der Waals surface area contributed by atoms with E-state index in [2.05, 4.69) is 5.32 Å². The van der Waals surface area contributed by atoms with E-state index in [1.54, 1.807) is 59.5 Å². The summed E-state index contributed by atoms with van der Waals surface area (Å²) in [6.45, 7) is 4.01. The zero-order valence-electron chi connectivity index (χ0n) is 17.1. The number of nitrogens with zero attached hydrogens (tertiary/aromatic N) is 1. The zero-order valence-corrected chi connectivity index (χ0v) is 18.7. The van der Waals surface area contributed by atoms with Gasteiger partial charge in [-0.2, -0.15) is 0 Å². The van der Waals surface area contributed by atoms with Crippen LogP contribution in [0.5, 0.6) is 0 Å². The molecule has 0 aromatic heterocycles. The molecule has 7 heteroatoms. The SMILES string of the molecule is CC(C)NC(=O)c1ccc2c(c1)N(Cc1ccc(Cl)cc1)C(=O)c1ccccc1[S@@]2=O. The van der Waals surface area contributed by atoms with Gasteiger partial charge in [0.25, 0.3) is 11.8 Å². The molecule has 0 fully saturated rings. The van der Waals surface area contributed by atoms with Gasteiger partial charge in [0.2, 0.25) is 0 Å². The first-order chi connectivity index (χ1) is 14.8. The second kappa shape index (κ2) is 8.65. The number of carbonyl (C=O) groups is 2. The Morgan fingerprint density at radius 2 is 1.74 bits per heavy atom. The first-order valence-corrected chi connectivity index (χ1v) is 11.4. The van der Waals surface area contributed by atoms with E-state index in [0.29, 0.717) is 31.6 Å². The van der Waals surface area contributed by atoms with Crippen LogP contribution in [0, 0.1) is 0 Å². The Kier molecular flexibility index (Phi) is 5.94. The number of benzene rings is 3. The molecule has 0 bridgehead atoms. The summed E-state index contributed by atoms with van der Waals surface area (Å²) in [4.78, 5) is 28.7. The van der Waals surface area contributed by atoms with Gasteiger partial charge in [-0.05, 0) is 61.9 Å². The number of fused-ring (bicyclic) bond motifs is 2. The van der Waals surface area contributed by atoms with E-state index < -0.39 is 10.8 Å². The number of nitrogens with one attached hydrogen (secondary N) is 1. The topological polar surface area (TPSA) is 66.5 Å². The molecule has 0 unspecified atom stereocenters. The molecule has 1 heterocycles. The Morgan fingerprint density at radius 3 is 2.45 bits per heavy atom. The van der Waals surface area contributed by atoms with Crippen molar-refractivity contribution in [1.82, 2.24) is 5.32 Å². The molecule has 31 heavy (non-hydrogen) atoms. The molecular weight excluding hydrogens is 432 g/mol. The Bertz CT molecular complexity index is 1190. The van der Waals surface area contributed by atoms with Crippen LogP contribution in [-0.2, 0) is 17.3 Å². The van der Waals surface area contributed by atoms with Gasteiger partial charge in [-0.25, -0.2) is 4.21 Å². The average Bonchev–Trinajstić information content (AvgIpc) is 2.84. The summed E-state index contributed by atoms with van der Waals surface area (Å²) >= 11 is 6.01. The van der Waals surface area contributed by atoms with Crippen LogP contribution in [0.4, 0.5) is 5.69 Å². The van der Waals surface area contributed by atoms with Gasteiger partial charge in [0.1, 0.15) is 0 Å². The predicted molar refractivity (Wildman–Crippen MR) is 122 cm³/mol. The molecule has 3 aromatic rings. The minimum absolute atomic E-state index is 0.0310. The first-order valence-electron chi connectivity index (χ1n) is 9.87. The maximum atomic E-state index is 13.5. The lowest BCUT2D eigenvalue weighted by atomic mass is 10.1. The van der Waals surface area contributed by atoms with Crippen molar-refractivity contribution in [3.8, 4) is 0 Å². The van der Waals surface area contributed by atoms with Crippen molar-refractivity contribution in [2.45, 2.75) is 36.2 Å². The van der Waals surface area contributed by atoms with Crippen LogP contribution < -0.4 is 10.2 Å². The second-order valence-electron chi connectivity index (χ2n) is 7.59. The van der Waals surface area contributed by atoms with Crippen molar-refractivity contribution in [3.63, 3.8) is 0 Å². The monoisotopic (exact) mass is 452 g/mol. The Labute approximate surface area is 188 Å². The summed E-state index contributed by atoms with van der Waals surface area (Å²) in [7, 11) is -1.56. The molecule has 5 nitrogen and oxygen atoms in total. The Morgan fingerprint density at radius 1 is 1.03 bits per heavy atom. The predicted octanol–water partition coefficient (Wildman–Crippen LogP) is 4.81. The molecule has 0 saturated carbocycles. The van der Waals surface area contributed by atoms with Crippen LogP contribution >= 0.6 is 11.6 Å². The fourth-order valence-electron chi connectivity index (χ4n) is 3.48. The van der Waals surface area contributed by atoms with Crippen molar-refractivity contribution in [3.05, 3.63) is 88.4 Å². The van der Waals surface area contributed by atoms with Crippen molar-refractivity contribution in [1.29, 1.82) is 0 Å². The molecular formula is C24H21ClN2O3S. The van der Waals surface area contributed by atoms with Gasteiger partial charge in [-0.3, -0.25) is 9.59 Å². The minimum atomic E-state index is -1.56. The van der Waals surface area contributed by atoms with Gasteiger partial charge in [0.05, 0.1) is 38.4 Å². The fourth-order valence-corrected chi connectivity index (χ4v) is 4.95. The fraction of sp³-hybridized carbons (Fsp3) is 0.167. The smallest absolute Gasteiger partial charge is 0.259 e. The lowest BCUT2D eigenvalue weighted by Gasteiger charge is -2.24. The third-order valence-corrected chi connectivity index (χ3v) is 6.70. The van der Waals surface area contributed by atoms with Gasteiger partial charge < -0.3 is 10.2 Å². The van der Waals surface area contributed by atoms with Gasteiger partial charge in [-0.15, -0.1) is 0 Å². The summed E-state index contributed by atoms with van der Waals surface area (Å²) in [5.74, 6) is -0.511. The van der Waals surface area contributed by atoms with E-state index in [1.807, 2.05) is 26.0 Å². The number of hydrogen-bond donors (Lipinski definition) is 1. The van der Waals surface area contributed by atoms with Crippen LogP contribution in [0.25, 0.3) is 0 Å². The molecule has 2 amide bonds. The van der Waals surface area contributed by atoms with E-state index >= 15 is 0 Å². The highest BCUT2D eigenvalue weighted by Crippen LogP contribution is 2.36. The Hall–Kier alpha value is -2.96. The molecule has 0 aliphatic carbocycles. The lowest BCUT2D eigenvalue weighted by molar-refractivity contribution is 0.0940. The summed E-state index contributed by atoms with van der Waals surface area (Å²) in [6.07, 6.45) is 0. The highest BCUT2D eigenvalue weighted by Gasteiger charge is 2.31. The molecule has 0 saturated heterocycles. The summed E-state index contributed by atoms with van der Waals surface area (Å²) in [6, 6.07) is 19.1. The number of rotatable bonds is 4. The minimum Gasteiger partial charge on any atom is -0.350 e. The van der Waals surface area contributed by atoms with E-state index in [9.17, 15) is 13.8 Å². The maximum Gasteiger partial charge on any atom is 0.259 e. The van der Waals surface area contributed by atoms with Crippen LogP contribution in [0.3, 0.4) is 0 Å². The van der Waals surface area contributed by atoms with E-state index in [0.717, 1.165) is 5.56 Å². The number of anilines is 1. The zero-order chi connectivity index (χ0) is 22.1. The van der Waals surface area contributed by atoms with E-state index in [1.165, 1.54) is 0 Å². The first kappa shape index (κ1) is 21.3. The third kappa shape index (κ3) is 4.27. The van der Waals surface area contributed by atoms with Crippen LogP contribution in [0.15, 0.2) is 76.5 Å². The molecule has 158 valence electrons. The summed E-state index contributed by atoms with van der Waals surface area (Å²) in [5.41, 5.74) is 2.13. The molecule has 3 aromatic carbocycles. The average molecular weight is 453 g/mol. The van der Waals surface area contributed by atoms with E-state index in [-0.39, 0.29) is 24.4 Å². The van der Waals surface area contributed by atoms with Gasteiger partial charge in [0.15, 0.2) is 0 Å². The lowest BCUT2D eigenvalue weighted by Crippen LogP contribution is -2.32. The van der Waals surface area contributed by atoms with Gasteiger partial charge >= 0.3 is 0 Å². The number of carbonyl (C=O) groups excluding carboxylic acids is 2. The molecule has 1 aliphatic rings. The van der Waals surface area contributed by atoms with Crippen molar-refractivity contribution in [2.75, 3.05) is 4.90 Å². The van der Waals surface area contributed by atoms with E-state index in [4.69, 9.17) is 11.6 Å². The molecule has 1 atom stereocenters. The van der Waals surface area contributed by atoms with Crippen molar-refractivity contribution >= 4 is 39.9 Å². The summed E-state index contributed by atoms with van der Waals surface area (Å²) < 4.78 is 13.4. The van der Waals surface area contributed by atoms with Gasteiger partial charge in [-0.1, -0.05) is 35.9 Å². The van der Waals surface area contributed by atoms with Crippen LogP contribution in [0.1, 0.15) is 40.1 Å². The number of hydrogen-bond acceptors (Lipinski definition) is 3. The highest BCUT2D eigenvalue weighted by atomic mass is 35.5. The molecule has 0 spiro atoms. The molecule has 0 radical (unpaired) electrons. The molecule has 4 rings (SSSR count). The van der Waals surface area contributed by atoms with Crippen molar-refractivity contribution in [2.24, 2.45) is 0 Å². The Balaban J connectivity index is 1.86. The highest BCUT2D eigenvalue weighted by molar-refractivity contribution is 7.85. The van der Waals surface area contributed by atoms with Crippen LogP contribution in [-0.4, -0.2) is 22.1 Å². The maximum absolute atomic E-state index is 13.5. The molecule has 1 aliphatic heterocycles. The quantitative estimate of drug-likeness (QED) is 0.618. The summed E-state index contributed by atoms with van der Waals surface area (Å²) in [5, 5.41) is 3.46. The molecule has 1 N–H and O–H groups in total. The number of halogens is 1.